The first-order chi connectivity index (χ1) is 12.4. The molecule has 0 saturated carbocycles. The number of nitrogens with zero attached hydrogens (tertiary/aromatic N) is 2. The van der Waals surface area contributed by atoms with Gasteiger partial charge in [0.05, 0.1) is 17.1 Å². The minimum absolute atomic E-state index is 0.156. The Bertz CT molecular complexity index is 859. The van der Waals surface area contributed by atoms with Crippen LogP contribution in [0.25, 0.3) is 0 Å². The maximum Gasteiger partial charge on any atom is 0.256 e. The molecule has 0 aliphatic carbocycles. The van der Waals surface area contributed by atoms with E-state index in [0.29, 0.717) is 24.5 Å². The highest BCUT2D eigenvalue weighted by Gasteiger charge is 2.32. The number of carbonyl (C=O) groups excluding carboxylic acids is 1. The largest absolute Gasteiger partial charge is 0.373 e. The van der Waals surface area contributed by atoms with Crippen molar-refractivity contribution < 1.29 is 17.9 Å². The minimum atomic E-state index is -3.62. The van der Waals surface area contributed by atoms with Crippen molar-refractivity contribution in [1.29, 1.82) is 0 Å². The maximum atomic E-state index is 12.8. The summed E-state index contributed by atoms with van der Waals surface area (Å²) in [6.45, 7) is 4.33. The molecular weight excluding hydrogens is 354 g/mol. The number of morpholine rings is 1. The van der Waals surface area contributed by atoms with E-state index in [4.69, 9.17) is 4.74 Å². The predicted molar refractivity (Wildman–Crippen MR) is 97.4 cm³/mol. The molecule has 1 fully saturated rings. The average molecular weight is 375 g/mol. The van der Waals surface area contributed by atoms with Gasteiger partial charge < -0.3 is 10.1 Å². The van der Waals surface area contributed by atoms with Crippen LogP contribution in [-0.4, -0.2) is 48.9 Å². The highest BCUT2D eigenvalue weighted by Crippen LogP contribution is 2.21. The van der Waals surface area contributed by atoms with Crippen molar-refractivity contribution in [3.63, 3.8) is 0 Å². The van der Waals surface area contributed by atoms with E-state index < -0.39 is 10.0 Å². The fourth-order valence-electron chi connectivity index (χ4n) is 2.88. The highest BCUT2D eigenvalue weighted by atomic mass is 32.2. The number of anilines is 1. The molecular formula is C18H21N3O4S. The second-order valence-electron chi connectivity index (χ2n) is 6.27. The Morgan fingerprint density at radius 2 is 1.77 bits per heavy atom. The van der Waals surface area contributed by atoms with Gasteiger partial charge in [0, 0.05) is 24.8 Å². The summed E-state index contributed by atoms with van der Waals surface area (Å²) in [4.78, 5) is 16.4. The van der Waals surface area contributed by atoms with Crippen LogP contribution >= 0.6 is 0 Å². The van der Waals surface area contributed by atoms with Crippen molar-refractivity contribution >= 4 is 21.7 Å². The zero-order valence-corrected chi connectivity index (χ0v) is 15.4. The molecule has 1 N–H and O–H groups in total. The van der Waals surface area contributed by atoms with Crippen LogP contribution in [0.5, 0.6) is 0 Å². The lowest BCUT2D eigenvalue weighted by Crippen LogP contribution is -2.48. The molecule has 1 saturated heterocycles. The number of hydrogen-bond donors (Lipinski definition) is 1. The molecule has 1 amide bonds. The normalized spacial score (nSPS) is 21.3. The fourth-order valence-corrected chi connectivity index (χ4v) is 4.47. The molecule has 1 aliphatic heterocycles. The van der Waals surface area contributed by atoms with Crippen molar-refractivity contribution in [2.75, 3.05) is 18.4 Å². The first-order valence-electron chi connectivity index (χ1n) is 8.34. The predicted octanol–water partition coefficient (Wildman–Crippen LogP) is 2.13. The molecule has 26 heavy (non-hydrogen) atoms. The Balaban J connectivity index is 1.75. The van der Waals surface area contributed by atoms with E-state index in [-0.39, 0.29) is 23.0 Å². The van der Waals surface area contributed by atoms with Crippen LogP contribution in [-0.2, 0) is 14.8 Å². The molecule has 2 heterocycles. The number of aromatic nitrogens is 1. The number of nitrogens with one attached hydrogen (secondary N) is 1. The smallest absolute Gasteiger partial charge is 0.256 e. The van der Waals surface area contributed by atoms with Gasteiger partial charge in [0.1, 0.15) is 5.82 Å². The van der Waals surface area contributed by atoms with E-state index in [9.17, 15) is 13.2 Å². The first-order valence-corrected chi connectivity index (χ1v) is 9.78. The van der Waals surface area contributed by atoms with Crippen LogP contribution in [0.4, 0.5) is 5.82 Å². The third-order valence-electron chi connectivity index (χ3n) is 4.05. The Morgan fingerprint density at radius 3 is 2.35 bits per heavy atom. The molecule has 1 aromatic heterocycles. The second-order valence-corrected chi connectivity index (χ2v) is 8.21. The van der Waals surface area contributed by atoms with Crippen molar-refractivity contribution in [1.82, 2.24) is 9.29 Å². The summed E-state index contributed by atoms with van der Waals surface area (Å²) in [5.74, 6) is 0.0896. The van der Waals surface area contributed by atoms with Gasteiger partial charge in [0.25, 0.3) is 5.91 Å². The number of carbonyl (C=O) groups is 1. The van der Waals surface area contributed by atoms with Crippen molar-refractivity contribution in [2.45, 2.75) is 31.0 Å². The van der Waals surface area contributed by atoms with Gasteiger partial charge in [-0.3, -0.25) is 4.79 Å². The SMILES string of the molecule is C[C@@H]1CN(S(=O)(=O)c2ccc(C(=O)Nc3ccccn3)cc2)C[C@H](C)O1. The molecule has 0 radical (unpaired) electrons. The lowest BCUT2D eigenvalue weighted by Gasteiger charge is -2.34. The third-order valence-corrected chi connectivity index (χ3v) is 5.89. The van der Waals surface area contributed by atoms with Crippen LogP contribution in [0.1, 0.15) is 24.2 Å². The number of hydrogen-bond acceptors (Lipinski definition) is 5. The van der Waals surface area contributed by atoms with Crippen molar-refractivity contribution in [3.05, 3.63) is 54.2 Å². The fraction of sp³-hybridized carbons (Fsp3) is 0.333. The minimum Gasteiger partial charge on any atom is -0.373 e. The molecule has 0 bridgehead atoms. The summed E-state index contributed by atoms with van der Waals surface area (Å²) in [5, 5.41) is 2.66. The number of ether oxygens (including phenoxy) is 1. The zero-order valence-electron chi connectivity index (χ0n) is 14.6. The van der Waals surface area contributed by atoms with Crippen LogP contribution in [0.3, 0.4) is 0 Å². The quantitative estimate of drug-likeness (QED) is 0.884. The van der Waals surface area contributed by atoms with Gasteiger partial charge in [0.2, 0.25) is 10.0 Å². The topological polar surface area (TPSA) is 88.6 Å². The van der Waals surface area contributed by atoms with Crippen LogP contribution in [0.15, 0.2) is 53.6 Å². The Kier molecular flexibility index (Phi) is 5.36. The number of sulfonamides is 1. The van der Waals surface area contributed by atoms with Gasteiger partial charge in [0.15, 0.2) is 0 Å². The maximum absolute atomic E-state index is 12.8. The monoisotopic (exact) mass is 375 g/mol. The summed E-state index contributed by atoms with van der Waals surface area (Å²) < 4.78 is 32.6. The average Bonchev–Trinajstić information content (AvgIpc) is 2.62. The number of benzene rings is 1. The van der Waals surface area contributed by atoms with E-state index in [1.807, 2.05) is 13.8 Å². The van der Waals surface area contributed by atoms with Crippen molar-refractivity contribution in [2.24, 2.45) is 0 Å². The Labute approximate surface area is 153 Å². The Hall–Kier alpha value is -2.29. The second kappa shape index (κ2) is 7.53. The summed E-state index contributed by atoms with van der Waals surface area (Å²) in [6.07, 6.45) is 1.27. The number of rotatable bonds is 4. The van der Waals surface area contributed by atoms with E-state index in [1.165, 1.54) is 28.6 Å². The van der Waals surface area contributed by atoms with E-state index in [2.05, 4.69) is 10.3 Å². The van der Waals surface area contributed by atoms with Gasteiger partial charge in [-0.05, 0) is 50.2 Å². The molecule has 1 aliphatic rings. The van der Waals surface area contributed by atoms with Crippen LogP contribution in [0.2, 0.25) is 0 Å². The molecule has 2 aromatic rings. The molecule has 1 aromatic carbocycles. The van der Waals surface area contributed by atoms with E-state index >= 15 is 0 Å². The van der Waals surface area contributed by atoms with E-state index in [0.717, 1.165) is 0 Å². The molecule has 8 heteroatoms. The van der Waals surface area contributed by atoms with Crippen LogP contribution in [0, 0.1) is 0 Å². The highest BCUT2D eigenvalue weighted by molar-refractivity contribution is 7.89. The van der Waals surface area contributed by atoms with Gasteiger partial charge in [-0.2, -0.15) is 4.31 Å². The lowest BCUT2D eigenvalue weighted by molar-refractivity contribution is -0.0440. The summed E-state index contributed by atoms with van der Waals surface area (Å²) in [7, 11) is -3.62. The van der Waals surface area contributed by atoms with Gasteiger partial charge in [-0.25, -0.2) is 13.4 Å². The molecule has 0 unspecified atom stereocenters. The lowest BCUT2D eigenvalue weighted by atomic mass is 10.2. The number of pyridine rings is 1. The summed E-state index contributed by atoms with van der Waals surface area (Å²) in [5.41, 5.74) is 0.360. The van der Waals surface area contributed by atoms with E-state index in [1.54, 1.807) is 24.4 Å². The first kappa shape index (κ1) is 18.5. The summed E-state index contributed by atoms with van der Waals surface area (Å²) in [6, 6.07) is 11.1. The van der Waals surface area contributed by atoms with Gasteiger partial charge >= 0.3 is 0 Å². The summed E-state index contributed by atoms with van der Waals surface area (Å²) >= 11 is 0. The zero-order chi connectivity index (χ0) is 18.7. The number of amides is 1. The molecule has 138 valence electrons. The molecule has 3 rings (SSSR count). The molecule has 7 nitrogen and oxygen atoms in total. The van der Waals surface area contributed by atoms with Crippen molar-refractivity contribution in [3.8, 4) is 0 Å². The molecule has 2 atom stereocenters. The van der Waals surface area contributed by atoms with Gasteiger partial charge in [-0.1, -0.05) is 6.07 Å². The standard InChI is InChI=1S/C18H21N3O4S/c1-13-11-21(12-14(2)25-13)26(23,24)16-8-6-15(7-9-16)18(22)20-17-5-3-4-10-19-17/h3-10,13-14H,11-12H2,1-2H3,(H,19,20,22)/t13-,14+. The van der Waals surface area contributed by atoms with Crippen LogP contribution < -0.4 is 5.32 Å². The Morgan fingerprint density at radius 1 is 1.12 bits per heavy atom. The molecule has 0 spiro atoms. The third kappa shape index (κ3) is 4.09. The van der Waals surface area contributed by atoms with Gasteiger partial charge in [-0.15, -0.1) is 0 Å².